The van der Waals surface area contributed by atoms with E-state index in [1.54, 1.807) is 12.1 Å². The normalized spacial score (nSPS) is 18.9. The summed E-state index contributed by atoms with van der Waals surface area (Å²) in [5.74, 6) is -2.42. The maximum absolute atomic E-state index is 12.0. The summed E-state index contributed by atoms with van der Waals surface area (Å²) >= 11 is 6.11. The molecule has 3 rings (SSSR count). The zero-order valence-corrected chi connectivity index (χ0v) is 13.4. The molecule has 24 heavy (non-hydrogen) atoms. The molecular formula is C17H15ClN2O4. The zero-order valence-electron chi connectivity index (χ0n) is 12.6. The Balaban J connectivity index is 1.75. The molecule has 124 valence electrons. The molecule has 7 heteroatoms. The van der Waals surface area contributed by atoms with Gasteiger partial charge in [-0.05, 0) is 24.1 Å². The lowest BCUT2D eigenvalue weighted by molar-refractivity contribution is -0.139. The van der Waals surface area contributed by atoms with Gasteiger partial charge in [0.15, 0.2) is 0 Å². The van der Waals surface area contributed by atoms with E-state index in [0.29, 0.717) is 17.1 Å². The minimum absolute atomic E-state index is 0.220. The monoisotopic (exact) mass is 346 g/mol. The lowest BCUT2D eigenvalue weighted by Gasteiger charge is -2.10. The van der Waals surface area contributed by atoms with E-state index in [9.17, 15) is 14.4 Å². The van der Waals surface area contributed by atoms with Gasteiger partial charge in [0.25, 0.3) is 5.56 Å². The fourth-order valence-electron chi connectivity index (χ4n) is 2.53. The molecular weight excluding hydrogens is 332 g/mol. The summed E-state index contributed by atoms with van der Waals surface area (Å²) in [7, 11) is 0. The number of carboxylic acids is 1. The van der Waals surface area contributed by atoms with Crippen LogP contribution < -0.4 is 10.9 Å². The van der Waals surface area contributed by atoms with Gasteiger partial charge in [0.1, 0.15) is 0 Å². The van der Waals surface area contributed by atoms with Gasteiger partial charge in [0.05, 0.1) is 24.1 Å². The Morgan fingerprint density at radius 1 is 1.21 bits per heavy atom. The van der Waals surface area contributed by atoms with Gasteiger partial charge in [0, 0.05) is 17.3 Å². The van der Waals surface area contributed by atoms with Crippen molar-refractivity contribution in [3.05, 3.63) is 63.5 Å². The number of carboxylic acid groups (broad SMARTS) is 1. The number of benzene rings is 1. The Morgan fingerprint density at radius 2 is 1.96 bits per heavy atom. The van der Waals surface area contributed by atoms with Crippen molar-refractivity contribution in [1.82, 2.24) is 4.57 Å². The largest absolute Gasteiger partial charge is 0.481 e. The van der Waals surface area contributed by atoms with Gasteiger partial charge >= 0.3 is 5.97 Å². The Hall–Kier alpha value is -2.60. The fraction of sp³-hybridized carbons (Fsp3) is 0.235. The van der Waals surface area contributed by atoms with Crippen molar-refractivity contribution in [3.63, 3.8) is 0 Å². The minimum atomic E-state index is -0.959. The molecule has 1 aliphatic rings. The van der Waals surface area contributed by atoms with Crippen molar-refractivity contribution in [1.29, 1.82) is 0 Å². The molecule has 1 saturated carbocycles. The summed E-state index contributed by atoms with van der Waals surface area (Å²) in [5.41, 5.74) is 1.02. The highest BCUT2D eigenvalue weighted by Crippen LogP contribution is 2.39. The highest BCUT2D eigenvalue weighted by molar-refractivity contribution is 6.31. The van der Waals surface area contributed by atoms with Crippen molar-refractivity contribution in [3.8, 4) is 0 Å². The first kappa shape index (κ1) is 16.3. The van der Waals surface area contributed by atoms with E-state index in [2.05, 4.69) is 5.32 Å². The predicted octanol–water partition coefficient (Wildman–Crippen LogP) is 2.21. The summed E-state index contributed by atoms with van der Waals surface area (Å²) in [6.45, 7) is 0.281. The number of pyridine rings is 1. The molecule has 2 N–H and O–H groups in total. The molecule has 6 nitrogen and oxygen atoms in total. The third kappa shape index (κ3) is 3.49. The number of carbonyl (C=O) groups excluding carboxylic acids is 1. The van der Waals surface area contributed by atoms with Gasteiger partial charge in [0.2, 0.25) is 5.91 Å². The van der Waals surface area contributed by atoms with E-state index < -0.39 is 17.8 Å². The molecule has 1 aromatic heterocycles. The van der Waals surface area contributed by atoms with Crippen LogP contribution in [0.2, 0.25) is 5.02 Å². The number of hydrogen-bond acceptors (Lipinski definition) is 3. The van der Waals surface area contributed by atoms with Crippen LogP contribution in [0.3, 0.4) is 0 Å². The first-order chi connectivity index (χ1) is 11.5. The fourth-order valence-corrected chi connectivity index (χ4v) is 2.73. The molecule has 1 aliphatic carbocycles. The average molecular weight is 347 g/mol. The highest BCUT2D eigenvalue weighted by Gasteiger charge is 2.48. The van der Waals surface area contributed by atoms with E-state index in [-0.39, 0.29) is 18.0 Å². The molecule has 0 bridgehead atoms. The number of hydrogen-bond donors (Lipinski definition) is 2. The number of carbonyl (C=O) groups is 2. The van der Waals surface area contributed by atoms with Crippen LogP contribution in [0.25, 0.3) is 0 Å². The number of nitrogens with zero attached hydrogens (tertiary/aromatic N) is 1. The lowest BCUT2D eigenvalue weighted by Crippen LogP contribution is -2.22. The Labute approximate surface area is 142 Å². The van der Waals surface area contributed by atoms with E-state index in [0.717, 1.165) is 5.56 Å². The minimum Gasteiger partial charge on any atom is -0.481 e. The number of halogens is 1. The molecule has 1 aromatic carbocycles. The van der Waals surface area contributed by atoms with Gasteiger partial charge in [-0.15, -0.1) is 0 Å². The van der Waals surface area contributed by atoms with Crippen LogP contribution >= 0.6 is 11.6 Å². The zero-order chi connectivity index (χ0) is 17.3. The van der Waals surface area contributed by atoms with E-state index >= 15 is 0 Å². The molecule has 1 heterocycles. The SMILES string of the molecule is O=C(O)[C@H]1C[C@H]1C(=O)Nc1ccc(=O)n(Cc2ccccc2Cl)c1. The summed E-state index contributed by atoms with van der Waals surface area (Å²) in [6, 6.07) is 10.1. The molecule has 2 aromatic rings. The molecule has 0 spiro atoms. The molecule has 0 unspecified atom stereocenters. The number of nitrogens with one attached hydrogen (secondary N) is 1. The Morgan fingerprint density at radius 3 is 2.62 bits per heavy atom. The van der Waals surface area contributed by atoms with Gasteiger partial charge < -0.3 is 15.0 Å². The lowest BCUT2D eigenvalue weighted by atomic mass is 10.2. The van der Waals surface area contributed by atoms with Crippen molar-refractivity contribution in [2.75, 3.05) is 5.32 Å². The van der Waals surface area contributed by atoms with Crippen molar-refractivity contribution < 1.29 is 14.7 Å². The van der Waals surface area contributed by atoms with Gasteiger partial charge in [-0.1, -0.05) is 29.8 Å². The summed E-state index contributed by atoms with van der Waals surface area (Å²) in [5, 5.41) is 12.1. The van der Waals surface area contributed by atoms with Crippen LogP contribution in [0.1, 0.15) is 12.0 Å². The molecule has 0 aliphatic heterocycles. The van der Waals surface area contributed by atoms with E-state index in [1.165, 1.54) is 22.9 Å². The van der Waals surface area contributed by atoms with Crippen LogP contribution in [0, 0.1) is 11.8 Å². The van der Waals surface area contributed by atoms with Gasteiger partial charge in [-0.2, -0.15) is 0 Å². The second-order valence-corrected chi connectivity index (χ2v) is 6.16. The molecule has 0 radical (unpaired) electrons. The third-order valence-corrected chi connectivity index (χ3v) is 4.36. The molecule has 2 atom stereocenters. The van der Waals surface area contributed by atoms with Crippen molar-refractivity contribution in [2.24, 2.45) is 11.8 Å². The summed E-state index contributed by atoms with van der Waals surface area (Å²) in [6.07, 6.45) is 1.88. The second-order valence-electron chi connectivity index (χ2n) is 5.75. The molecule has 0 saturated heterocycles. The number of rotatable bonds is 5. The highest BCUT2D eigenvalue weighted by atomic mass is 35.5. The number of aromatic nitrogens is 1. The van der Waals surface area contributed by atoms with E-state index in [4.69, 9.17) is 16.7 Å². The topological polar surface area (TPSA) is 88.4 Å². The van der Waals surface area contributed by atoms with Crippen molar-refractivity contribution in [2.45, 2.75) is 13.0 Å². The smallest absolute Gasteiger partial charge is 0.307 e. The average Bonchev–Trinajstić information content (AvgIpc) is 3.33. The van der Waals surface area contributed by atoms with Gasteiger partial charge in [-0.25, -0.2) is 0 Å². The molecule has 1 fully saturated rings. The first-order valence-electron chi connectivity index (χ1n) is 7.43. The van der Waals surface area contributed by atoms with Crippen molar-refractivity contribution >= 4 is 29.2 Å². The molecule has 1 amide bonds. The van der Waals surface area contributed by atoms with Crippen LogP contribution in [0.4, 0.5) is 5.69 Å². The second kappa shape index (κ2) is 6.49. The number of aliphatic carboxylic acids is 1. The predicted molar refractivity (Wildman–Crippen MR) is 89.1 cm³/mol. The summed E-state index contributed by atoms with van der Waals surface area (Å²) in [4.78, 5) is 34.8. The quantitative estimate of drug-likeness (QED) is 0.868. The standard InChI is InChI=1S/C17H15ClN2O4/c18-14-4-2-1-3-10(14)8-20-9-11(5-6-15(20)21)19-16(22)12-7-13(12)17(23)24/h1-6,9,12-13H,7-8H2,(H,19,22)(H,23,24)/t12-,13+/m1/s1. The van der Waals surface area contributed by atoms with Crippen LogP contribution in [-0.4, -0.2) is 21.6 Å². The maximum Gasteiger partial charge on any atom is 0.307 e. The summed E-state index contributed by atoms with van der Waals surface area (Å²) < 4.78 is 1.44. The van der Waals surface area contributed by atoms with Crippen LogP contribution in [-0.2, 0) is 16.1 Å². The third-order valence-electron chi connectivity index (χ3n) is 3.99. The maximum atomic E-state index is 12.0. The Kier molecular flexibility index (Phi) is 4.40. The first-order valence-corrected chi connectivity index (χ1v) is 7.81. The van der Waals surface area contributed by atoms with Gasteiger partial charge in [-0.3, -0.25) is 14.4 Å². The number of amides is 1. The number of anilines is 1. The van der Waals surface area contributed by atoms with E-state index in [1.807, 2.05) is 12.1 Å². The van der Waals surface area contributed by atoms with Crippen LogP contribution in [0.15, 0.2) is 47.4 Å². The Bertz CT molecular complexity index is 862. The van der Waals surface area contributed by atoms with Crippen LogP contribution in [0.5, 0.6) is 0 Å².